The molecule has 2 aliphatic heterocycles. The van der Waals surface area contributed by atoms with Gasteiger partial charge in [-0.2, -0.15) is 4.98 Å². The molecule has 0 unspecified atom stereocenters. The Morgan fingerprint density at radius 3 is 2.83 bits per heavy atom. The number of hydrogen-bond donors (Lipinski definition) is 1. The highest BCUT2D eigenvalue weighted by Gasteiger charge is 2.31. The van der Waals surface area contributed by atoms with E-state index in [2.05, 4.69) is 17.2 Å². The molecule has 1 fully saturated rings. The van der Waals surface area contributed by atoms with Crippen molar-refractivity contribution < 1.29 is 9.53 Å². The Morgan fingerprint density at radius 1 is 1.42 bits per heavy atom. The van der Waals surface area contributed by atoms with Gasteiger partial charge in [0.05, 0.1) is 17.8 Å². The van der Waals surface area contributed by atoms with Gasteiger partial charge in [0.1, 0.15) is 5.82 Å². The van der Waals surface area contributed by atoms with Crippen molar-refractivity contribution in [3.8, 4) is 0 Å². The molecule has 0 spiro atoms. The second kappa shape index (κ2) is 6.55. The SMILES string of the molecule is CC(=O)N1CCc2c(nc(N(C)C)nc2NC[C@@]2(C)CCCO2)C1. The highest BCUT2D eigenvalue weighted by atomic mass is 16.5. The van der Waals surface area contributed by atoms with Gasteiger partial charge in [0.25, 0.3) is 0 Å². The number of carbonyl (C=O) groups excluding carboxylic acids is 1. The molecule has 3 rings (SSSR count). The number of aromatic nitrogens is 2. The van der Waals surface area contributed by atoms with Crippen LogP contribution in [0.4, 0.5) is 11.8 Å². The van der Waals surface area contributed by atoms with E-state index in [1.54, 1.807) is 6.92 Å². The first-order valence-corrected chi connectivity index (χ1v) is 8.58. The molecule has 1 amide bonds. The number of rotatable bonds is 4. The summed E-state index contributed by atoms with van der Waals surface area (Å²) in [5.41, 5.74) is 1.94. The van der Waals surface area contributed by atoms with E-state index in [1.807, 2.05) is 23.9 Å². The Labute approximate surface area is 143 Å². The van der Waals surface area contributed by atoms with Crippen molar-refractivity contribution in [2.45, 2.75) is 45.3 Å². The summed E-state index contributed by atoms with van der Waals surface area (Å²) in [6.07, 6.45) is 2.95. The lowest BCUT2D eigenvalue weighted by Gasteiger charge is -2.30. The zero-order chi connectivity index (χ0) is 17.3. The number of carbonyl (C=O) groups is 1. The van der Waals surface area contributed by atoms with Crippen LogP contribution in [0.1, 0.15) is 37.9 Å². The van der Waals surface area contributed by atoms with Crippen LogP contribution in [0.15, 0.2) is 0 Å². The van der Waals surface area contributed by atoms with Crippen LogP contribution in [-0.4, -0.2) is 60.2 Å². The van der Waals surface area contributed by atoms with E-state index in [9.17, 15) is 4.79 Å². The monoisotopic (exact) mass is 333 g/mol. The molecular formula is C17H27N5O2. The van der Waals surface area contributed by atoms with Gasteiger partial charge in [-0.25, -0.2) is 4.98 Å². The van der Waals surface area contributed by atoms with E-state index in [0.717, 1.165) is 56.0 Å². The molecule has 24 heavy (non-hydrogen) atoms. The number of nitrogens with one attached hydrogen (secondary N) is 1. The number of fused-ring (bicyclic) bond motifs is 1. The van der Waals surface area contributed by atoms with Gasteiger partial charge in [0, 0.05) is 46.3 Å². The Hall–Kier alpha value is -1.89. The molecule has 1 saturated heterocycles. The Morgan fingerprint density at radius 2 is 2.21 bits per heavy atom. The van der Waals surface area contributed by atoms with Gasteiger partial charge in [-0.15, -0.1) is 0 Å². The van der Waals surface area contributed by atoms with E-state index >= 15 is 0 Å². The molecule has 2 aliphatic rings. The van der Waals surface area contributed by atoms with Crippen LogP contribution in [0, 0.1) is 0 Å². The average molecular weight is 333 g/mol. The molecule has 1 aromatic heterocycles. The first-order valence-electron chi connectivity index (χ1n) is 8.58. The number of anilines is 2. The molecule has 1 N–H and O–H groups in total. The van der Waals surface area contributed by atoms with E-state index in [1.165, 1.54) is 0 Å². The van der Waals surface area contributed by atoms with Crippen LogP contribution in [0.5, 0.6) is 0 Å². The van der Waals surface area contributed by atoms with Gasteiger partial charge in [-0.1, -0.05) is 0 Å². The molecule has 1 aromatic rings. The molecule has 7 nitrogen and oxygen atoms in total. The van der Waals surface area contributed by atoms with Crippen molar-refractivity contribution in [1.82, 2.24) is 14.9 Å². The zero-order valence-electron chi connectivity index (χ0n) is 15.1. The van der Waals surface area contributed by atoms with Crippen molar-refractivity contribution >= 4 is 17.7 Å². The molecule has 132 valence electrons. The minimum Gasteiger partial charge on any atom is -0.373 e. The van der Waals surface area contributed by atoms with Gasteiger partial charge in [-0.3, -0.25) is 4.79 Å². The first-order chi connectivity index (χ1) is 11.4. The summed E-state index contributed by atoms with van der Waals surface area (Å²) >= 11 is 0. The lowest BCUT2D eigenvalue weighted by molar-refractivity contribution is -0.129. The Kier molecular flexibility index (Phi) is 4.62. The summed E-state index contributed by atoms with van der Waals surface area (Å²) in [5, 5.41) is 3.49. The molecule has 3 heterocycles. The van der Waals surface area contributed by atoms with Gasteiger partial charge in [-0.05, 0) is 26.2 Å². The van der Waals surface area contributed by atoms with Crippen LogP contribution in [-0.2, 0) is 22.5 Å². The number of ether oxygens (including phenoxy) is 1. The van der Waals surface area contributed by atoms with Crippen LogP contribution in [0.25, 0.3) is 0 Å². The van der Waals surface area contributed by atoms with E-state index < -0.39 is 0 Å². The summed E-state index contributed by atoms with van der Waals surface area (Å²) in [5.74, 6) is 1.63. The molecular weight excluding hydrogens is 306 g/mol. The van der Waals surface area contributed by atoms with Crippen molar-refractivity contribution in [3.63, 3.8) is 0 Å². The predicted molar refractivity (Wildman–Crippen MR) is 93.2 cm³/mol. The Balaban J connectivity index is 1.86. The van der Waals surface area contributed by atoms with Crippen molar-refractivity contribution in [3.05, 3.63) is 11.3 Å². The highest BCUT2D eigenvalue weighted by Crippen LogP contribution is 2.29. The van der Waals surface area contributed by atoms with E-state index in [4.69, 9.17) is 9.72 Å². The second-order valence-corrected chi connectivity index (χ2v) is 7.14. The minimum absolute atomic E-state index is 0.0899. The summed E-state index contributed by atoms with van der Waals surface area (Å²) in [4.78, 5) is 24.8. The maximum absolute atomic E-state index is 11.7. The largest absolute Gasteiger partial charge is 0.373 e. The summed E-state index contributed by atoms with van der Waals surface area (Å²) < 4.78 is 5.86. The molecule has 7 heteroatoms. The summed E-state index contributed by atoms with van der Waals surface area (Å²) in [6, 6.07) is 0. The molecule has 1 atom stereocenters. The van der Waals surface area contributed by atoms with E-state index in [-0.39, 0.29) is 11.5 Å². The van der Waals surface area contributed by atoms with E-state index in [0.29, 0.717) is 12.5 Å². The van der Waals surface area contributed by atoms with Crippen molar-refractivity contribution in [1.29, 1.82) is 0 Å². The lowest BCUT2D eigenvalue weighted by Crippen LogP contribution is -2.37. The van der Waals surface area contributed by atoms with Gasteiger partial charge < -0.3 is 19.9 Å². The van der Waals surface area contributed by atoms with Gasteiger partial charge in [0.15, 0.2) is 0 Å². The fourth-order valence-corrected chi connectivity index (χ4v) is 3.28. The topological polar surface area (TPSA) is 70.6 Å². The third-order valence-electron chi connectivity index (χ3n) is 4.83. The van der Waals surface area contributed by atoms with Crippen molar-refractivity contribution in [2.24, 2.45) is 0 Å². The summed E-state index contributed by atoms with van der Waals surface area (Å²) in [6.45, 7) is 6.59. The van der Waals surface area contributed by atoms with Gasteiger partial charge in [0.2, 0.25) is 11.9 Å². The minimum atomic E-state index is -0.129. The van der Waals surface area contributed by atoms with Crippen LogP contribution < -0.4 is 10.2 Å². The molecule has 0 aliphatic carbocycles. The maximum Gasteiger partial charge on any atom is 0.227 e. The predicted octanol–water partition coefficient (Wildman–Crippen LogP) is 1.43. The fourth-order valence-electron chi connectivity index (χ4n) is 3.28. The number of amides is 1. The highest BCUT2D eigenvalue weighted by molar-refractivity contribution is 5.73. The fraction of sp³-hybridized carbons (Fsp3) is 0.706. The zero-order valence-corrected chi connectivity index (χ0v) is 15.1. The van der Waals surface area contributed by atoms with Crippen LogP contribution in [0.2, 0.25) is 0 Å². The summed E-state index contributed by atoms with van der Waals surface area (Å²) in [7, 11) is 3.86. The third-order valence-corrected chi connectivity index (χ3v) is 4.83. The quantitative estimate of drug-likeness (QED) is 0.899. The first kappa shape index (κ1) is 17.0. The Bertz CT molecular complexity index is 626. The van der Waals surface area contributed by atoms with Crippen LogP contribution >= 0.6 is 0 Å². The molecule has 0 radical (unpaired) electrons. The van der Waals surface area contributed by atoms with Crippen LogP contribution in [0.3, 0.4) is 0 Å². The standard InChI is InChI=1S/C17H27N5O2/c1-12(23)22-8-6-13-14(10-22)19-16(21(3)4)20-15(13)18-11-17(2)7-5-9-24-17/h5-11H2,1-4H3,(H,18,19,20)/t17-/m1/s1. The molecule has 0 aromatic carbocycles. The molecule has 0 saturated carbocycles. The smallest absolute Gasteiger partial charge is 0.227 e. The lowest BCUT2D eigenvalue weighted by atomic mass is 10.0. The second-order valence-electron chi connectivity index (χ2n) is 7.14. The normalized spacial score (nSPS) is 23.1. The third kappa shape index (κ3) is 3.45. The van der Waals surface area contributed by atoms with Gasteiger partial charge >= 0.3 is 0 Å². The average Bonchev–Trinajstić information content (AvgIpc) is 2.98. The number of nitrogens with zero attached hydrogens (tertiary/aromatic N) is 4. The number of hydrogen-bond acceptors (Lipinski definition) is 6. The molecule has 0 bridgehead atoms. The maximum atomic E-state index is 11.7. The van der Waals surface area contributed by atoms with Crippen molar-refractivity contribution in [2.75, 3.05) is 44.0 Å².